The Bertz CT molecular complexity index is 1520. The van der Waals surface area contributed by atoms with Crippen molar-refractivity contribution in [3.63, 3.8) is 0 Å². The molecule has 3 aromatic heterocycles. The van der Waals surface area contributed by atoms with Gasteiger partial charge < -0.3 is 20.1 Å². The van der Waals surface area contributed by atoms with Crippen molar-refractivity contribution in [3.05, 3.63) is 52.4 Å². The third-order valence-corrected chi connectivity index (χ3v) is 6.91. The molecule has 1 aliphatic heterocycles. The third kappa shape index (κ3) is 3.72. The normalized spacial score (nSPS) is 15.5. The molecule has 0 spiro atoms. The number of carboxylic acid groups (broad SMARTS) is 1. The minimum absolute atomic E-state index is 0.139. The number of pyridine rings is 1. The molecule has 35 heavy (non-hydrogen) atoms. The standard InChI is InChI=1S/C25H21ClN6O3/c1-12-3-4-18(33)13(2)19(12)17-10-28-23-20(16(17)7-27)21(26)22(31-23)15-8-29-25(30-9-15)32-6-5-14(11-32)24(34)35/h3-4,8-10,14,33H,5-6,11H2,1-2H3,(H,28,31)(H,34,35). The van der Waals surface area contributed by atoms with Gasteiger partial charge in [0.05, 0.1) is 27.6 Å². The van der Waals surface area contributed by atoms with E-state index in [4.69, 9.17) is 11.6 Å². The van der Waals surface area contributed by atoms with Gasteiger partial charge in [-0.1, -0.05) is 17.7 Å². The summed E-state index contributed by atoms with van der Waals surface area (Å²) in [7, 11) is 0. The van der Waals surface area contributed by atoms with E-state index in [0.717, 1.165) is 11.1 Å². The molecule has 5 rings (SSSR count). The van der Waals surface area contributed by atoms with E-state index in [0.29, 0.717) is 69.5 Å². The topological polar surface area (TPSA) is 139 Å². The maximum absolute atomic E-state index is 11.2. The minimum Gasteiger partial charge on any atom is -0.508 e. The molecule has 0 saturated carbocycles. The first-order valence-corrected chi connectivity index (χ1v) is 11.4. The highest BCUT2D eigenvalue weighted by atomic mass is 35.5. The van der Waals surface area contributed by atoms with Gasteiger partial charge in [0.25, 0.3) is 0 Å². The van der Waals surface area contributed by atoms with Crippen molar-refractivity contribution < 1.29 is 15.0 Å². The number of rotatable bonds is 4. The van der Waals surface area contributed by atoms with Crippen LogP contribution in [0.25, 0.3) is 33.4 Å². The molecule has 1 saturated heterocycles. The van der Waals surface area contributed by atoms with Crippen LogP contribution in [-0.2, 0) is 4.79 Å². The molecule has 0 aliphatic carbocycles. The number of benzene rings is 1. The average molecular weight is 489 g/mol. The minimum atomic E-state index is -0.815. The Kier molecular flexibility index (Phi) is 5.53. The maximum atomic E-state index is 11.2. The molecule has 9 nitrogen and oxygen atoms in total. The van der Waals surface area contributed by atoms with E-state index >= 15 is 0 Å². The predicted molar refractivity (Wildman–Crippen MR) is 131 cm³/mol. The van der Waals surface area contributed by atoms with Crippen LogP contribution in [0.2, 0.25) is 5.02 Å². The zero-order valence-corrected chi connectivity index (χ0v) is 19.8. The SMILES string of the molecule is Cc1ccc(O)c(C)c1-c1cnc2[nH]c(-c3cnc(N4CCC(C(=O)O)C4)nc3)c(Cl)c2c1C#N. The summed E-state index contributed by atoms with van der Waals surface area (Å²) in [5.41, 5.74) is 4.85. The number of nitrogens with one attached hydrogen (secondary N) is 1. The number of nitriles is 1. The Labute approximate surface area is 205 Å². The zero-order chi connectivity index (χ0) is 24.9. The molecule has 3 N–H and O–H groups in total. The number of nitrogens with zero attached hydrogens (tertiary/aromatic N) is 5. The molecule has 1 atom stereocenters. The first-order chi connectivity index (χ1) is 16.8. The molecule has 0 radical (unpaired) electrons. The summed E-state index contributed by atoms with van der Waals surface area (Å²) in [5, 5.41) is 30.3. The number of hydrogen-bond donors (Lipinski definition) is 3. The summed E-state index contributed by atoms with van der Waals surface area (Å²) in [6, 6.07) is 5.69. The second-order valence-corrected chi connectivity index (χ2v) is 9.02. The molecule has 1 fully saturated rings. The number of carboxylic acids is 1. The number of aromatic nitrogens is 4. The number of aryl methyl sites for hydroxylation is 1. The van der Waals surface area contributed by atoms with E-state index in [2.05, 4.69) is 26.0 Å². The summed E-state index contributed by atoms with van der Waals surface area (Å²) in [5.74, 6) is -0.645. The van der Waals surface area contributed by atoms with Crippen LogP contribution >= 0.6 is 11.6 Å². The van der Waals surface area contributed by atoms with Crippen molar-refractivity contribution in [2.24, 2.45) is 5.92 Å². The number of H-pyrrole nitrogens is 1. The lowest BCUT2D eigenvalue weighted by atomic mass is 9.92. The average Bonchev–Trinajstić information content (AvgIpc) is 3.47. The van der Waals surface area contributed by atoms with Crippen molar-refractivity contribution >= 4 is 34.6 Å². The van der Waals surface area contributed by atoms with Crippen LogP contribution in [-0.4, -0.2) is 49.2 Å². The molecular weight excluding hydrogens is 468 g/mol. The highest BCUT2D eigenvalue weighted by Crippen LogP contribution is 2.41. The lowest BCUT2D eigenvalue weighted by Gasteiger charge is -2.15. The number of carbonyl (C=O) groups is 1. The largest absolute Gasteiger partial charge is 0.508 e. The number of phenolic OH excluding ortho intramolecular Hbond substituents is 1. The zero-order valence-electron chi connectivity index (χ0n) is 19.0. The fraction of sp³-hybridized carbons (Fsp3) is 0.240. The molecule has 10 heteroatoms. The molecule has 0 bridgehead atoms. The summed E-state index contributed by atoms with van der Waals surface area (Å²) in [6.45, 7) is 4.66. The number of aromatic hydroxyl groups is 1. The van der Waals surface area contributed by atoms with Crippen LogP contribution in [0.1, 0.15) is 23.1 Å². The van der Waals surface area contributed by atoms with Crippen molar-refractivity contribution in [2.45, 2.75) is 20.3 Å². The van der Waals surface area contributed by atoms with Crippen molar-refractivity contribution in [1.29, 1.82) is 5.26 Å². The number of anilines is 1. The number of hydrogen-bond acceptors (Lipinski definition) is 7. The van der Waals surface area contributed by atoms with E-state index in [9.17, 15) is 20.3 Å². The second kappa shape index (κ2) is 8.56. The van der Waals surface area contributed by atoms with Crippen LogP contribution in [0.4, 0.5) is 5.95 Å². The lowest BCUT2D eigenvalue weighted by molar-refractivity contribution is -0.140. The molecular formula is C25H21ClN6O3. The molecule has 1 unspecified atom stereocenters. The van der Waals surface area contributed by atoms with E-state index < -0.39 is 11.9 Å². The van der Waals surface area contributed by atoms with Gasteiger partial charge in [-0.05, 0) is 43.0 Å². The van der Waals surface area contributed by atoms with Gasteiger partial charge in [0.2, 0.25) is 5.95 Å². The van der Waals surface area contributed by atoms with Crippen LogP contribution in [0.3, 0.4) is 0 Å². The van der Waals surface area contributed by atoms with Gasteiger partial charge in [0.15, 0.2) is 0 Å². The molecule has 1 aromatic carbocycles. The van der Waals surface area contributed by atoms with E-state index in [1.54, 1.807) is 37.6 Å². The Morgan fingerprint density at radius 2 is 1.97 bits per heavy atom. The molecule has 4 aromatic rings. The number of aliphatic carboxylic acids is 1. The molecule has 0 amide bonds. The first-order valence-electron chi connectivity index (χ1n) is 11.0. The smallest absolute Gasteiger partial charge is 0.308 e. The highest BCUT2D eigenvalue weighted by Gasteiger charge is 2.29. The van der Waals surface area contributed by atoms with E-state index in [-0.39, 0.29) is 5.75 Å². The molecule has 1 aliphatic rings. The van der Waals surface area contributed by atoms with Gasteiger partial charge in [0.1, 0.15) is 17.5 Å². The van der Waals surface area contributed by atoms with Crippen molar-refractivity contribution in [3.8, 4) is 34.2 Å². The number of fused-ring (bicyclic) bond motifs is 1. The fourth-order valence-electron chi connectivity index (χ4n) is 4.63. The first kappa shape index (κ1) is 22.6. The lowest BCUT2D eigenvalue weighted by Crippen LogP contribution is -2.24. The van der Waals surface area contributed by atoms with Gasteiger partial charge in [-0.15, -0.1) is 0 Å². The van der Waals surface area contributed by atoms with Crippen LogP contribution in [0.15, 0.2) is 30.7 Å². The van der Waals surface area contributed by atoms with Gasteiger partial charge in [0, 0.05) is 42.8 Å². The Morgan fingerprint density at radius 1 is 1.23 bits per heavy atom. The summed E-state index contributed by atoms with van der Waals surface area (Å²) in [6.07, 6.45) is 5.39. The summed E-state index contributed by atoms with van der Waals surface area (Å²) >= 11 is 6.76. The molecule has 176 valence electrons. The number of phenols is 1. The quantitative estimate of drug-likeness (QED) is 0.383. The monoisotopic (exact) mass is 488 g/mol. The summed E-state index contributed by atoms with van der Waals surface area (Å²) in [4.78, 5) is 29.6. The summed E-state index contributed by atoms with van der Waals surface area (Å²) < 4.78 is 0. The van der Waals surface area contributed by atoms with Crippen molar-refractivity contribution in [2.75, 3.05) is 18.0 Å². The predicted octanol–water partition coefficient (Wildman–Crippen LogP) is 4.45. The van der Waals surface area contributed by atoms with Gasteiger partial charge in [-0.3, -0.25) is 4.79 Å². The Morgan fingerprint density at radius 3 is 2.63 bits per heavy atom. The Balaban J connectivity index is 1.57. The highest BCUT2D eigenvalue weighted by molar-refractivity contribution is 6.38. The van der Waals surface area contributed by atoms with Crippen LogP contribution in [0.5, 0.6) is 5.75 Å². The second-order valence-electron chi connectivity index (χ2n) is 8.64. The number of halogens is 1. The third-order valence-electron chi connectivity index (χ3n) is 6.53. The maximum Gasteiger partial charge on any atom is 0.308 e. The van der Waals surface area contributed by atoms with E-state index in [1.165, 1.54) is 0 Å². The van der Waals surface area contributed by atoms with Gasteiger partial charge in [-0.25, -0.2) is 15.0 Å². The number of aromatic amines is 1. The molecule has 4 heterocycles. The van der Waals surface area contributed by atoms with E-state index in [1.807, 2.05) is 11.8 Å². The fourth-order valence-corrected chi connectivity index (χ4v) is 4.97. The van der Waals surface area contributed by atoms with Gasteiger partial charge in [-0.2, -0.15) is 5.26 Å². The van der Waals surface area contributed by atoms with Crippen LogP contribution < -0.4 is 4.90 Å². The van der Waals surface area contributed by atoms with Crippen molar-refractivity contribution in [1.82, 2.24) is 19.9 Å². The van der Waals surface area contributed by atoms with Crippen LogP contribution in [0, 0.1) is 31.1 Å². The van der Waals surface area contributed by atoms with Gasteiger partial charge >= 0.3 is 5.97 Å². The Hall–Kier alpha value is -4.16.